The summed E-state index contributed by atoms with van der Waals surface area (Å²) in [5.74, 6) is -1.33. The van der Waals surface area contributed by atoms with E-state index in [2.05, 4.69) is 20.0 Å². The zero-order valence-electron chi connectivity index (χ0n) is 20.8. The van der Waals surface area contributed by atoms with Crippen LogP contribution in [0.2, 0.25) is 0 Å². The van der Waals surface area contributed by atoms with Crippen LogP contribution >= 0.6 is 0 Å². The maximum atomic E-state index is 13.6. The predicted octanol–water partition coefficient (Wildman–Crippen LogP) is 2.48. The number of fused-ring (bicyclic) bond motifs is 1. The van der Waals surface area contributed by atoms with Gasteiger partial charge in [-0.1, -0.05) is 27.7 Å². The zero-order chi connectivity index (χ0) is 25.9. The quantitative estimate of drug-likeness (QED) is 0.601. The molecule has 2 N–H and O–H groups in total. The van der Waals surface area contributed by atoms with Gasteiger partial charge in [-0.15, -0.1) is 0 Å². The number of alkyl carbamates (subject to hydrolysis) is 1. The first kappa shape index (κ1) is 26.0. The molecule has 11 heteroatoms. The third-order valence-corrected chi connectivity index (χ3v) is 6.16. The molecule has 0 saturated carbocycles. The largest absolute Gasteiger partial charge is 0.497 e. The molecule has 0 aliphatic carbocycles. The maximum absolute atomic E-state index is 13.6. The van der Waals surface area contributed by atoms with Crippen molar-refractivity contribution in [2.24, 2.45) is 11.3 Å². The molecule has 1 aliphatic heterocycles. The fraction of sp³-hybridized carbons (Fsp3) is 0.542. The van der Waals surface area contributed by atoms with E-state index in [1.165, 1.54) is 18.2 Å². The minimum absolute atomic E-state index is 0.0154. The second-order valence-corrected chi connectivity index (χ2v) is 9.50. The average Bonchev–Trinajstić information content (AvgIpc) is 3.19. The van der Waals surface area contributed by atoms with Gasteiger partial charge in [0.15, 0.2) is 0 Å². The van der Waals surface area contributed by atoms with Gasteiger partial charge in [0.25, 0.3) is 0 Å². The van der Waals surface area contributed by atoms with Crippen LogP contribution in [0.5, 0.6) is 11.6 Å². The van der Waals surface area contributed by atoms with E-state index in [0.29, 0.717) is 23.2 Å². The number of aliphatic carboxylic acids is 1. The van der Waals surface area contributed by atoms with Crippen molar-refractivity contribution in [3.8, 4) is 11.6 Å². The molecule has 1 aromatic heterocycles. The summed E-state index contributed by atoms with van der Waals surface area (Å²) in [6.45, 7) is 7.20. The number of nitrogens with one attached hydrogen (secondary N) is 1. The van der Waals surface area contributed by atoms with Gasteiger partial charge in [-0.25, -0.2) is 19.6 Å². The van der Waals surface area contributed by atoms with Gasteiger partial charge in [-0.2, -0.15) is 0 Å². The summed E-state index contributed by atoms with van der Waals surface area (Å²) in [7, 11) is 2.75. The SMILES string of the molecule is CC[C@@H]1[C@@H](Oc2cnc3ccc(OC)cc3n2)CN(C(=O)[C@@H](NC(=O)OC)C(C)(C)C)[C@@H]1C(=O)O. The molecule has 4 atom stereocenters. The van der Waals surface area contributed by atoms with Crippen molar-refractivity contribution in [1.29, 1.82) is 0 Å². The molecule has 2 amide bonds. The number of carboxylic acids is 1. The molecule has 2 aromatic rings. The van der Waals surface area contributed by atoms with Crippen molar-refractivity contribution >= 4 is 29.0 Å². The number of ether oxygens (including phenoxy) is 3. The summed E-state index contributed by atoms with van der Waals surface area (Å²) in [6.07, 6.45) is 0.510. The number of nitrogens with zero attached hydrogens (tertiary/aromatic N) is 3. The fourth-order valence-electron chi connectivity index (χ4n) is 4.34. The molecule has 1 fully saturated rings. The van der Waals surface area contributed by atoms with Crippen LogP contribution in [-0.4, -0.2) is 76.9 Å². The number of likely N-dealkylation sites (tertiary alicyclic amines) is 1. The van der Waals surface area contributed by atoms with E-state index in [4.69, 9.17) is 9.47 Å². The monoisotopic (exact) mass is 488 g/mol. The Morgan fingerprint density at radius 3 is 2.51 bits per heavy atom. The van der Waals surface area contributed by atoms with Crippen molar-refractivity contribution in [3.05, 3.63) is 24.4 Å². The van der Waals surface area contributed by atoms with Crippen molar-refractivity contribution in [3.63, 3.8) is 0 Å². The Bertz CT molecular complexity index is 1100. The molecule has 3 rings (SSSR count). The van der Waals surface area contributed by atoms with Crippen molar-refractivity contribution in [2.45, 2.75) is 52.3 Å². The van der Waals surface area contributed by atoms with Crippen molar-refractivity contribution in [1.82, 2.24) is 20.2 Å². The lowest BCUT2D eigenvalue weighted by Crippen LogP contribution is -2.57. The first-order chi connectivity index (χ1) is 16.5. The molecule has 1 aliphatic rings. The summed E-state index contributed by atoms with van der Waals surface area (Å²) in [4.78, 5) is 47.9. The minimum atomic E-state index is -1.14. The molecule has 0 spiro atoms. The number of amides is 2. The van der Waals surface area contributed by atoms with E-state index in [1.807, 2.05) is 6.92 Å². The maximum Gasteiger partial charge on any atom is 0.407 e. The Morgan fingerprint density at radius 1 is 1.23 bits per heavy atom. The van der Waals surface area contributed by atoms with E-state index < -0.39 is 47.5 Å². The average molecular weight is 489 g/mol. The van der Waals surface area contributed by atoms with E-state index in [1.54, 1.807) is 46.1 Å². The number of aromatic nitrogens is 2. The highest BCUT2D eigenvalue weighted by atomic mass is 16.5. The third-order valence-electron chi connectivity index (χ3n) is 6.16. The minimum Gasteiger partial charge on any atom is -0.497 e. The Labute approximate surface area is 203 Å². The Kier molecular flexibility index (Phi) is 7.67. The van der Waals surface area contributed by atoms with Crippen LogP contribution < -0.4 is 14.8 Å². The van der Waals surface area contributed by atoms with Crippen LogP contribution in [0.1, 0.15) is 34.1 Å². The molecule has 0 unspecified atom stereocenters. The topological polar surface area (TPSA) is 140 Å². The highest BCUT2D eigenvalue weighted by Crippen LogP contribution is 2.33. The standard InChI is InChI=1S/C24H32N4O7/c1-7-14-17(35-18-11-25-15-9-8-13(33-5)10-16(15)26-18)12-28(19(14)22(30)31)21(29)20(24(2,3)4)27-23(32)34-6/h8-11,14,17,19-20H,7,12H2,1-6H3,(H,27,32)(H,30,31)/t14-,17+,19+,20-/m1/s1. The lowest BCUT2D eigenvalue weighted by Gasteiger charge is -2.34. The summed E-state index contributed by atoms with van der Waals surface area (Å²) < 4.78 is 16.0. The van der Waals surface area contributed by atoms with E-state index in [9.17, 15) is 19.5 Å². The van der Waals surface area contributed by atoms with E-state index in [-0.39, 0.29) is 12.4 Å². The lowest BCUT2D eigenvalue weighted by atomic mass is 9.85. The second-order valence-electron chi connectivity index (χ2n) is 9.50. The molecular formula is C24H32N4O7. The third kappa shape index (κ3) is 5.55. The normalized spacial score (nSPS) is 20.9. The van der Waals surface area contributed by atoms with Crippen LogP contribution in [0.25, 0.3) is 11.0 Å². The van der Waals surface area contributed by atoms with Gasteiger partial charge in [0.2, 0.25) is 11.8 Å². The fourth-order valence-corrected chi connectivity index (χ4v) is 4.34. The summed E-state index contributed by atoms with van der Waals surface area (Å²) >= 11 is 0. The van der Waals surface area contributed by atoms with Crippen LogP contribution in [0.3, 0.4) is 0 Å². The number of hydrogen-bond acceptors (Lipinski definition) is 8. The molecule has 35 heavy (non-hydrogen) atoms. The Balaban J connectivity index is 1.91. The van der Waals surface area contributed by atoms with Crippen molar-refractivity contribution in [2.75, 3.05) is 20.8 Å². The summed E-state index contributed by atoms with van der Waals surface area (Å²) in [5, 5.41) is 12.6. The molecule has 0 bridgehead atoms. The van der Waals surface area contributed by atoms with Gasteiger partial charge in [0, 0.05) is 12.0 Å². The molecule has 11 nitrogen and oxygen atoms in total. The zero-order valence-corrected chi connectivity index (χ0v) is 20.8. The van der Waals surface area contributed by atoms with Gasteiger partial charge in [0.05, 0.1) is 38.0 Å². The van der Waals surface area contributed by atoms with Gasteiger partial charge in [-0.05, 0) is 24.0 Å². The highest BCUT2D eigenvalue weighted by molar-refractivity contribution is 5.90. The van der Waals surface area contributed by atoms with Gasteiger partial charge in [-0.3, -0.25) is 4.79 Å². The van der Waals surface area contributed by atoms with Crippen LogP contribution in [0, 0.1) is 11.3 Å². The van der Waals surface area contributed by atoms with Gasteiger partial charge >= 0.3 is 12.1 Å². The second kappa shape index (κ2) is 10.3. The van der Waals surface area contributed by atoms with Gasteiger partial charge < -0.3 is 29.5 Å². The number of carbonyl (C=O) groups excluding carboxylic acids is 2. The number of carbonyl (C=O) groups is 3. The van der Waals surface area contributed by atoms with Gasteiger partial charge in [0.1, 0.15) is 23.9 Å². The molecule has 1 saturated heterocycles. The molecule has 2 heterocycles. The van der Waals surface area contributed by atoms with E-state index >= 15 is 0 Å². The first-order valence-corrected chi connectivity index (χ1v) is 11.3. The first-order valence-electron chi connectivity index (χ1n) is 11.3. The summed E-state index contributed by atoms with van der Waals surface area (Å²) in [5.41, 5.74) is 0.516. The Hall–Kier alpha value is -3.63. The van der Waals surface area contributed by atoms with Crippen LogP contribution in [0.4, 0.5) is 4.79 Å². The lowest BCUT2D eigenvalue weighted by molar-refractivity contribution is -0.151. The Morgan fingerprint density at radius 2 is 1.94 bits per heavy atom. The molecular weight excluding hydrogens is 456 g/mol. The molecule has 0 radical (unpaired) electrons. The molecule has 1 aromatic carbocycles. The number of hydrogen-bond donors (Lipinski definition) is 2. The number of methoxy groups -OCH3 is 2. The number of carboxylic acid groups (broad SMARTS) is 1. The predicted molar refractivity (Wildman–Crippen MR) is 126 cm³/mol. The van der Waals surface area contributed by atoms with E-state index in [0.717, 1.165) is 0 Å². The van der Waals surface area contributed by atoms with Crippen molar-refractivity contribution < 1.29 is 33.7 Å². The number of rotatable bonds is 7. The van der Waals surface area contributed by atoms with Crippen LogP contribution in [-0.2, 0) is 14.3 Å². The number of benzene rings is 1. The highest BCUT2D eigenvalue weighted by Gasteiger charge is 2.51. The molecule has 190 valence electrons. The summed E-state index contributed by atoms with van der Waals surface area (Å²) in [6, 6.07) is 3.15. The smallest absolute Gasteiger partial charge is 0.407 e. The van der Waals surface area contributed by atoms with Crippen LogP contribution in [0.15, 0.2) is 24.4 Å².